The molecule has 0 bridgehead atoms. The predicted molar refractivity (Wildman–Crippen MR) is 139 cm³/mol. The van der Waals surface area contributed by atoms with Crippen molar-refractivity contribution in [1.29, 1.82) is 0 Å². The SMILES string of the molecule is Cc1ccc(S(=O)(=O)N[C@@H](c2cccc3ccccc23)[C@@H](N)c2cccc3ccccc23)cc1. The second kappa shape index (κ2) is 9.03. The van der Waals surface area contributed by atoms with Crippen LogP contribution in [0.3, 0.4) is 0 Å². The van der Waals surface area contributed by atoms with E-state index in [2.05, 4.69) is 4.72 Å². The number of nitrogens with two attached hydrogens (primary N) is 1. The first-order chi connectivity index (χ1) is 16.4. The molecule has 0 saturated heterocycles. The molecule has 5 heteroatoms. The van der Waals surface area contributed by atoms with Crippen LogP contribution in [0.5, 0.6) is 0 Å². The minimum Gasteiger partial charge on any atom is -0.322 e. The van der Waals surface area contributed by atoms with Crippen LogP contribution in [0.25, 0.3) is 21.5 Å². The highest BCUT2D eigenvalue weighted by atomic mass is 32.2. The standard InChI is InChI=1S/C29H26N2O2S/c1-20-16-18-23(19-17-20)34(32,33)31-29(27-15-7-11-22-9-3-5-13-25(22)27)28(30)26-14-6-10-21-8-2-4-12-24(21)26/h2-19,28-29,31H,30H2,1H3/t28-,29-/m0/s1. The maximum absolute atomic E-state index is 13.5. The molecule has 5 aromatic rings. The highest BCUT2D eigenvalue weighted by Gasteiger charge is 2.29. The van der Waals surface area contributed by atoms with Crippen molar-refractivity contribution in [3.63, 3.8) is 0 Å². The van der Waals surface area contributed by atoms with E-state index in [1.807, 2.05) is 91.9 Å². The Bertz CT molecular complexity index is 1570. The summed E-state index contributed by atoms with van der Waals surface area (Å²) in [7, 11) is -3.83. The fourth-order valence-electron chi connectivity index (χ4n) is 4.53. The normalized spacial score (nSPS) is 13.7. The lowest BCUT2D eigenvalue weighted by Crippen LogP contribution is -2.36. The molecule has 0 aliphatic heterocycles. The van der Waals surface area contributed by atoms with E-state index in [9.17, 15) is 8.42 Å². The van der Waals surface area contributed by atoms with Gasteiger partial charge in [0.1, 0.15) is 0 Å². The van der Waals surface area contributed by atoms with Crippen LogP contribution < -0.4 is 10.5 Å². The highest BCUT2D eigenvalue weighted by Crippen LogP contribution is 2.36. The Morgan fingerprint density at radius 1 is 0.647 bits per heavy atom. The zero-order chi connectivity index (χ0) is 23.7. The van der Waals surface area contributed by atoms with Gasteiger partial charge in [0.25, 0.3) is 0 Å². The first-order valence-electron chi connectivity index (χ1n) is 11.2. The Morgan fingerprint density at radius 3 is 1.76 bits per heavy atom. The van der Waals surface area contributed by atoms with Crippen molar-refractivity contribution >= 4 is 31.6 Å². The van der Waals surface area contributed by atoms with Gasteiger partial charge in [-0.2, -0.15) is 0 Å². The van der Waals surface area contributed by atoms with Crippen LogP contribution in [0.2, 0.25) is 0 Å². The minimum absolute atomic E-state index is 0.216. The van der Waals surface area contributed by atoms with Gasteiger partial charge in [0, 0.05) is 0 Å². The lowest BCUT2D eigenvalue weighted by atomic mass is 9.89. The van der Waals surface area contributed by atoms with E-state index in [0.717, 1.165) is 38.2 Å². The van der Waals surface area contributed by atoms with Crippen LogP contribution in [0.1, 0.15) is 28.8 Å². The summed E-state index contributed by atoms with van der Waals surface area (Å²) < 4.78 is 29.9. The molecule has 0 fully saturated rings. The number of hydrogen-bond acceptors (Lipinski definition) is 3. The third-order valence-electron chi connectivity index (χ3n) is 6.31. The maximum Gasteiger partial charge on any atom is 0.241 e. The molecule has 0 aliphatic carbocycles. The molecular formula is C29H26N2O2S. The van der Waals surface area contributed by atoms with Gasteiger partial charge in [-0.05, 0) is 51.7 Å². The van der Waals surface area contributed by atoms with Crippen molar-refractivity contribution in [2.45, 2.75) is 23.9 Å². The molecule has 0 saturated carbocycles. The molecule has 0 unspecified atom stereocenters. The van der Waals surface area contributed by atoms with E-state index in [-0.39, 0.29) is 4.90 Å². The van der Waals surface area contributed by atoms with Crippen LogP contribution in [0, 0.1) is 6.92 Å². The summed E-state index contributed by atoms with van der Waals surface area (Å²) in [6.07, 6.45) is 0. The van der Waals surface area contributed by atoms with E-state index in [4.69, 9.17) is 5.73 Å². The number of aryl methyl sites for hydroxylation is 1. The molecule has 5 aromatic carbocycles. The highest BCUT2D eigenvalue weighted by molar-refractivity contribution is 7.89. The summed E-state index contributed by atoms with van der Waals surface area (Å²) in [4.78, 5) is 0.216. The summed E-state index contributed by atoms with van der Waals surface area (Å²) in [5.41, 5.74) is 9.64. The monoisotopic (exact) mass is 466 g/mol. The zero-order valence-electron chi connectivity index (χ0n) is 18.8. The summed E-state index contributed by atoms with van der Waals surface area (Å²) in [6.45, 7) is 1.93. The summed E-state index contributed by atoms with van der Waals surface area (Å²) in [5, 5.41) is 4.08. The Morgan fingerprint density at radius 2 is 1.15 bits per heavy atom. The van der Waals surface area contributed by atoms with Crippen molar-refractivity contribution < 1.29 is 8.42 Å². The van der Waals surface area contributed by atoms with Crippen molar-refractivity contribution in [3.05, 3.63) is 126 Å². The molecule has 34 heavy (non-hydrogen) atoms. The van der Waals surface area contributed by atoms with Crippen LogP contribution in [-0.2, 0) is 10.0 Å². The van der Waals surface area contributed by atoms with E-state index in [1.54, 1.807) is 24.3 Å². The summed E-state index contributed by atoms with van der Waals surface area (Å²) >= 11 is 0. The average Bonchev–Trinajstić information content (AvgIpc) is 2.86. The number of rotatable bonds is 6. The van der Waals surface area contributed by atoms with Crippen molar-refractivity contribution in [2.24, 2.45) is 5.73 Å². The van der Waals surface area contributed by atoms with Crippen LogP contribution >= 0.6 is 0 Å². The number of fused-ring (bicyclic) bond motifs is 2. The molecule has 4 nitrogen and oxygen atoms in total. The van der Waals surface area contributed by atoms with Gasteiger partial charge in [-0.15, -0.1) is 0 Å². The minimum atomic E-state index is -3.83. The predicted octanol–water partition coefficient (Wildman–Crippen LogP) is 6.02. The Balaban J connectivity index is 1.67. The average molecular weight is 467 g/mol. The molecule has 0 heterocycles. The smallest absolute Gasteiger partial charge is 0.241 e. The van der Waals surface area contributed by atoms with E-state index in [0.29, 0.717) is 0 Å². The molecule has 170 valence electrons. The molecule has 3 N–H and O–H groups in total. The van der Waals surface area contributed by atoms with Gasteiger partial charge in [-0.1, -0.05) is 103 Å². The van der Waals surface area contributed by atoms with Crippen molar-refractivity contribution in [1.82, 2.24) is 4.72 Å². The van der Waals surface area contributed by atoms with Crippen LogP contribution in [0.4, 0.5) is 0 Å². The number of nitrogens with one attached hydrogen (secondary N) is 1. The number of benzene rings is 5. The Labute approximate surface area is 200 Å². The topological polar surface area (TPSA) is 72.2 Å². The maximum atomic E-state index is 13.5. The van der Waals surface area contributed by atoms with Gasteiger partial charge in [-0.25, -0.2) is 13.1 Å². The Kier molecular flexibility index (Phi) is 5.92. The molecule has 2 atom stereocenters. The fourth-order valence-corrected chi connectivity index (χ4v) is 5.76. The second-order valence-corrected chi connectivity index (χ2v) is 10.3. The lowest BCUT2D eigenvalue weighted by molar-refractivity contribution is 0.508. The van der Waals surface area contributed by atoms with Gasteiger partial charge in [-0.3, -0.25) is 0 Å². The van der Waals surface area contributed by atoms with Gasteiger partial charge in [0.2, 0.25) is 10.0 Å². The quantitative estimate of drug-likeness (QED) is 0.321. The summed E-state index contributed by atoms with van der Waals surface area (Å²) in [6, 6.07) is 33.4. The summed E-state index contributed by atoms with van der Waals surface area (Å²) in [5.74, 6) is 0. The van der Waals surface area contributed by atoms with Gasteiger partial charge in [0.05, 0.1) is 17.0 Å². The third-order valence-corrected chi connectivity index (χ3v) is 7.77. The Hall–Kier alpha value is -3.51. The van der Waals surface area contributed by atoms with E-state index in [1.165, 1.54) is 0 Å². The van der Waals surface area contributed by atoms with Crippen molar-refractivity contribution in [2.75, 3.05) is 0 Å². The van der Waals surface area contributed by atoms with Gasteiger partial charge < -0.3 is 5.73 Å². The van der Waals surface area contributed by atoms with Crippen LogP contribution in [0.15, 0.2) is 114 Å². The fraction of sp³-hybridized carbons (Fsp3) is 0.103. The zero-order valence-corrected chi connectivity index (χ0v) is 19.7. The van der Waals surface area contributed by atoms with Crippen LogP contribution in [-0.4, -0.2) is 8.42 Å². The number of sulfonamides is 1. The lowest BCUT2D eigenvalue weighted by Gasteiger charge is -2.28. The third kappa shape index (κ3) is 4.21. The first kappa shape index (κ1) is 22.3. The first-order valence-corrected chi connectivity index (χ1v) is 12.7. The molecule has 0 spiro atoms. The molecule has 0 aliphatic rings. The van der Waals surface area contributed by atoms with Gasteiger partial charge >= 0.3 is 0 Å². The second-order valence-electron chi connectivity index (χ2n) is 8.57. The van der Waals surface area contributed by atoms with Crippen molar-refractivity contribution in [3.8, 4) is 0 Å². The molecular weight excluding hydrogens is 440 g/mol. The largest absolute Gasteiger partial charge is 0.322 e. The van der Waals surface area contributed by atoms with E-state index >= 15 is 0 Å². The molecule has 0 amide bonds. The molecule has 0 aromatic heterocycles. The van der Waals surface area contributed by atoms with Gasteiger partial charge in [0.15, 0.2) is 0 Å². The van der Waals surface area contributed by atoms with E-state index < -0.39 is 22.1 Å². The molecule has 5 rings (SSSR count). The number of hydrogen-bond donors (Lipinski definition) is 2. The molecule has 0 radical (unpaired) electrons.